The van der Waals surface area contributed by atoms with Crippen LogP contribution in [0.3, 0.4) is 0 Å². The van der Waals surface area contributed by atoms with Crippen molar-refractivity contribution in [3.63, 3.8) is 0 Å². The molecule has 0 rings (SSSR count). The Bertz CT molecular complexity index is 228. The van der Waals surface area contributed by atoms with Crippen LogP contribution >= 0.6 is 0 Å². The summed E-state index contributed by atoms with van der Waals surface area (Å²) in [4.78, 5) is 0. The molecule has 2 heteroatoms. The molecule has 0 amide bonds. The molecule has 1 atom stereocenters. The number of rotatable bonds is 19. The second-order valence-corrected chi connectivity index (χ2v) is 8.26. The zero-order chi connectivity index (χ0) is 17.9. The minimum Gasteiger partial charge on any atom is -0.330 e. The van der Waals surface area contributed by atoms with Gasteiger partial charge in [-0.2, -0.15) is 0 Å². The van der Waals surface area contributed by atoms with E-state index in [9.17, 15) is 0 Å². The lowest BCUT2D eigenvalue weighted by Gasteiger charge is -2.10. The smallest absolute Gasteiger partial charge is 0.00392 e. The van der Waals surface area contributed by atoms with Gasteiger partial charge in [0.25, 0.3) is 0 Å². The Morgan fingerprint density at radius 3 is 1.21 bits per heavy atom. The van der Waals surface area contributed by atoms with Crippen LogP contribution in [0.4, 0.5) is 0 Å². The van der Waals surface area contributed by atoms with Gasteiger partial charge in [-0.3, -0.25) is 0 Å². The van der Waals surface area contributed by atoms with Crippen molar-refractivity contribution >= 4 is 0 Å². The van der Waals surface area contributed by atoms with Gasteiger partial charge in [0, 0.05) is 6.04 Å². The van der Waals surface area contributed by atoms with E-state index in [4.69, 9.17) is 11.5 Å². The average Bonchev–Trinajstić information content (AvgIpc) is 2.56. The SMILES string of the molecule is CC(C)CCCCCCCCCCCCCCCC(N)CCCN. The van der Waals surface area contributed by atoms with Crippen LogP contribution in [0.25, 0.3) is 0 Å². The van der Waals surface area contributed by atoms with E-state index in [1.807, 2.05) is 0 Å². The van der Waals surface area contributed by atoms with Crippen molar-refractivity contribution in [3.05, 3.63) is 0 Å². The number of hydrogen-bond donors (Lipinski definition) is 2. The van der Waals surface area contributed by atoms with Crippen LogP contribution in [0.1, 0.15) is 123 Å². The number of hydrogen-bond acceptors (Lipinski definition) is 2. The molecular weight excluding hydrogens is 292 g/mol. The average molecular weight is 341 g/mol. The summed E-state index contributed by atoms with van der Waals surface area (Å²) in [6.07, 6.45) is 23.4. The van der Waals surface area contributed by atoms with Gasteiger partial charge in [0.2, 0.25) is 0 Å². The van der Waals surface area contributed by atoms with E-state index >= 15 is 0 Å². The molecule has 0 aliphatic rings. The standard InChI is InChI=1S/C22H48N2/c1-21(2)17-14-12-10-8-6-4-3-5-7-9-11-13-15-18-22(24)19-16-20-23/h21-22H,3-20,23-24H2,1-2H3. The van der Waals surface area contributed by atoms with Crippen LogP contribution < -0.4 is 11.5 Å². The predicted molar refractivity (Wildman–Crippen MR) is 110 cm³/mol. The molecule has 24 heavy (non-hydrogen) atoms. The largest absolute Gasteiger partial charge is 0.330 e. The van der Waals surface area contributed by atoms with E-state index < -0.39 is 0 Å². The fourth-order valence-corrected chi connectivity index (χ4v) is 3.43. The van der Waals surface area contributed by atoms with E-state index in [1.54, 1.807) is 0 Å². The minimum absolute atomic E-state index is 0.388. The highest BCUT2D eigenvalue weighted by Crippen LogP contribution is 2.15. The quantitative estimate of drug-likeness (QED) is 0.262. The summed E-state index contributed by atoms with van der Waals surface area (Å²) >= 11 is 0. The summed E-state index contributed by atoms with van der Waals surface area (Å²) in [6, 6.07) is 0.388. The first-order valence-electron chi connectivity index (χ1n) is 11.1. The summed E-state index contributed by atoms with van der Waals surface area (Å²) in [6.45, 7) is 5.45. The monoisotopic (exact) mass is 340 g/mol. The van der Waals surface area contributed by atoms with Gasteiger partial charge >= 0.3 is 0 Å². The van der Waals surface area contributed by atoms with Crippen LogP contribution in [0.15, 0.2) is 0 Å². The molecule has 0 bridgehead atoms. The van der Waals surface area contributed by atoms with Crippen molar-refractivity contribution in [2.75, 3.05) is 6.54 Å². The lowest BCUT2D eigenvalue weighted by molar-refractivity contribution is 0.492. The van der Waals surface area contributed by atoms with Gasteiger partial charge in [0.05, 0.1) is 0 Å². The van der Waals surface area contributed by atoms with E-state index in [0.29, 0.717) is 6.04 Å². The second-order valence-electron chi connectivity index (χ2n) is 8.26. The zero-order valence-corrected chi connectivity index (χ0v) is 17.0. The third kappa shape index (κ3) is 20.0. The summed E-state index contributed by atoms with van der Waals surface area (Å²) in [5.74, 6) is 0.887. The van der Waals surface area contributed by atoms with Gasteiger partial charge in [0.15, 0.2) is 0 Å². The molecule has 0 aliphatic heterocycles. The maximum atomic E-state index is 6.06. The summed E-state index contributed by atoms with van der Waals surface area (Å²) in [5, 5.41) is 0. The highest BCUT2D eigenvalue weighted by atomic mass is 14.6. The third-order valence-corrected chi connectivity index (χ3v) is 5.14. The minimum atomic E-state index is 0.388. The molecule has 0 aromatic carbocycles. The first-order valence-corrected chi connectivity index (χ1v) is 11.1. The number of nitrogens with two attached hydrogens (primary N) is 2. The molecule has 0 heterocycles. The molecule has 0 aromatic heterocycles. The van der Waals surface area contributed by atoms with Gasteiger partial charge in [-0.25, -0.2) is 0 Å². The molecule has 4 N–H and O–H groups in total. The molecule has 0 saturated carbocycles. The van der Waals surface area contributed by atoms with E-state index in [0.717, 1.165) is 25.3 Å². The molecule has 0 saturated heterocycles. The van der Waals surface area contributed by atoms with Crippen LogP contribution in [0.5, 0.6) is 0 Å². The van der Waals surface area contributed by atoms with E-state index in [1.165, 1.54) is 96.3 Å². The molecule has 2 nitrogen and oxygen atoms in total. The molecule has 0 radical (unpaired) electrons. The van der Waals surface area contributed by atoms with E-state index in [-0.39, 0.29) is 0 Å². The van der Waals surface area contributed by atoms with Crippen molar-refractivity contribution in [2.45, 2.75) is 129 Å². The summed E-state index contributed by atoms with van der Waals surface area (Å²) in [5.41, 5.74) is 11.6. The first-order chi connectivity index (χ1) is 11.7. The first kappa shape index (κ1) is 23.9. The lowest BCUT2D eigenvalue weighted by Crippen LogP contribution is -2.20. The van der Waals surface area contributed by atoms with Crippen molar-refractivity contribution in [1.29, 1.82) is 0 Å². The van der Waals surface area contributed by atoms with Crippen LogP contribution in [-0.4, -0.2) is 12.6 Å². The van der Waals surface area contributed by atoms with Gasteiger partial charge in [-0.1, -0.05) is 104 Å². The van der Waals surface area contributed by atoms with Crippen molar-refractivity contribution in [3.8, 4) is 0 Å². The Morgan fingerprint density at radius 1 is 0.500 bits per heavy atom. The predicted octanol–water partition coefficient (Wildman–Crippen LogP) is 6.56. The molecule has 1 unspecified atom stereocenters. The van der Waals surface area contributed by atoms with Crippen molar-refractivity contribution in [1.82, 2.24) is 0 Å². The topological polar surface area (TPSA) is 52.0 Å². The Morgan fingerprint density at radius 2 is 0.833 bits per heavy atom. The van der Waals surface area contributed by atoms with Crippen molar-refractivity contribution in [2.24, 2.45) is 17.4 Å². The highest BCUT2D eigenvalue weighted by Gasteiger charge is 2.01. The van der Waals surface area contributed by atoms with Crippen LogP contribution in [0, 0.1) is 5.92 Å². The Balaban J connectivity index is 3.05. The lowest BCUT2D eigenvalue weighted by atomic mass is 10.0. The molecular formula is C22H48N2. The molecule has 0 aliphatic carbocycles. The van der Waals surface area contributed by atoms with Gasteiger partial charge < -0.3 is 11.5 Å². The fraction of sp³-hybridized carbons (Fsp3) is 1.00. The summed E-state index contributed by atoms with van der Waals surface area (Å²) < 4.78 is 0. The second kappa shape index (κ2) is 19.2. The van der Waals surface area contributed by atoms with Gasteiger partial charge in [0.1, 0.15) is 0 Å². The Labute approximate surface area is 153 Å². The molecule has 0 aromatic rings. The maximum Gasteiger partial charge on any atom is 0.00392 e. The van der Waals surface area contributed by atoms with Crippen LogP contribution in [0.2, 0.25) is 0 Å². The molecule has 146 valence electrons. The normalized spacial score (nSPS) is 12.9. The third-order valence-electron chi connectivity index (χ3n) is 5.14. The summed E-state index contributed by atoms with van der Waals surface area (Å²) in [7, 11) is 0. The maximum absolute atomic E-state index is 6.06. The zero-order valence-electron chi connectivity index (χ0n) is 17.0. The Kier molecular flexibility index (Phi) is 19.2. The molecule has 0 fully saturated rings. The van der Waals surface area contributed by atoms with Crippen LogP contribution in [-0.2, 0) is 0 Å². The fourth-order valence-electron chi connectivity index (χ4n) is 3.43. The molecule has 0 spiro atoms. The number of unbranched alkanes of at least 4 members (excludes halogenated alkanes) is 12. The Hall–Kier alpha value is -0.0800. The highest BCUT2D eigenvalue weighted by molar-refractivity contribution is 4.61. The van der Waals surface area contributed by atoms with Gasteiger partial charge in [-0.05, 0) is 31.7 Å². The van der Waals surface area contributed by atoms with Crippen molar-refractivity contribution < 1.29 is 0 Å². The van der Waals surface area contributed by atoms with E-state index in [2.05, 4.69) is 13.8 Å². The van der Waals surface area contributed by atoms with Gasteiger partial charge in [-0.15, -0.1) is 0 Å².